The molecule has 0 saturated carbocycles. The first kappa shape index (κ1) is 22.5. The monoisotopic (exact) mass is 434 g/mol. The molecule has 3 rings (SSSR count). The van der Waals surface area contributed by atoms with Gasteiger partial charge >= 0.3 is 6.09 Å². The average Bonchev–Trinajstić information content (AvgIpc) is 3.24. The Kier molecular flexibility index (Phi) is 6.71. The van der Waals surface area contributed by atoms with E-state index in [0.717, 1.165) is 30.1 Å². The number of amides is 1. The predicted octanol–water partition coefficient (Wildman–Crippen LogP) is 4.13. The zero-order valence-corrected chi connectivity index (χ0v) is 20.0. The molecule has 3 heterocycles. The van der Waals surface area contributed by atoms with Crippen molar-refractivity contribution in [2.75, 3.05) is 19.7 Å². The van der Waals surface area contributed by atoms with Gasteiger partial charge in [-0.15, -0.1) is 0 Å². The average molecular weight is 435 g/mol. The number of hydrogen-bond donors (Lipinski definition) is 0. The number of likely N-dealkylation sites (tertiary alicyclic amines) is 1. The number of carbonyl (C=O) groups is 1. The first-order valence-corrected chi connectivity index (χ1v) is 14.2. The smallest absolute Gasteiger partial charge is 0.410 e. The number of ether oxygens (including phenoxy) is 3. The quantitative estimate of drug-likeness (QED) is 0.482. The van der Waals surface area contributed by atoms with E-state index < -0.39 is 13.7 Å². The lowest BCUT2D eigenvalue weighted by atomic mass is 10.2. The number of rotatable bonds is 7. The first-order valence-electron chi connectivity index (χ1n) is 10.5. The molecule has 1 unspecified atom stereocenters. The highest BCUT2D eigenvalue weighted by molar-refractivity contribution is 6.76. The first-order chi connectivity index (χ1) is 14.0. The predicted molar refractivity (Wildman–Crippen MR) is 118 cm³/mol. The fourth-order valence-corrected chi connectivity index (χ4v) is 3.95. The van der Waals surface area contributed by atoms with Crippen LogP contribution in [0.5, 0.6) is 5.88 Å². The Balaban J connectivity index is 1.60. The van der Waals surface area contributed by atoms with E-state index in [1.165, 1.54) is 6.33 Å². The molecule has 1 aliphatic heterocycles. The van der Waals surface area contributed by atoms with Crippen LogP contribution in [0.15, 0.2) is 18.6 Å². The number of fused-ring (bicyclic) bond motifs is 1. The minimum absolute atomic E-state index is 0.119. The molecule has 0 bridgehead atoms. The van der Waals surface area contributed by atoms with E-state index in [1.54, 1.807) is 4.90 Å². The maximum atomic E-state index is 12.3. The molecule has 2 aromatic rings. The van der Waals surface area contributed by atoms with Crippen LogP contribution in [0.1, 0.15) is 27.2 Å². The molecule has 0 aliphatic carbocycles. The van der Waals surface area contributed by atoms with Crippen molar-refractivity contribution in [1.29, 1.82) is 0 Å². The van der Waals surface area contributed by atoms with Gasteiger partial charge in [-0.2, -0.15) is 0 Å². The molecule has 0 N–H and O–H groups in total. The van der Waals surface area contributed by atoms with Crippen molar-refractivity contribution in [3.8, 4) is 5.88 Å². The zero-order valence-electron chi connectivity index (χ0n) is 19.0. The van der Waals surface area contributed by atoms with Crippen LogP contribution >= 0.6 is 0 Å². The van der Waals surface area contributed by atoms with Crippen LogP contribution in [0, 0.1) is 0 Å². The van der Waals surface area contributed by atoms with E-state index >= 15 is 0 Å². The summed E-state index contributed by atoms with van der Waals surface area (Å²) in [6.07, 6.45) is 3.78. The van der Waals surface area contributed by atoms with E-state index in [0.29, 0.717) is 25.7 Å². The number of carbonyl (C=O) groups excluding carboxylic acids is 1. The van der Waals surface area contributed by atoms with Crippen molar-refractivity contribution in [2.45, 2.75) is 71.3 Å². The highest BCUT2D eigenvalue weighted by Gasteiger charge is 2.31. The van der Waals surface area contributed by atoms with E-state index in [2.05, 4.69) is 29.6 Å². The molecule has 1 saturated heterocycles. The number of nitrogens with zero attached hydrogens (tertiary/aromatic N) is 4. The van der Waals surface area contributed by atoms with Gasteiger partial charge < -0.3 is 23.7 Å². The molecule has 0 aromatic carbocycles. The Bertz CT molecular complexity index is 872. The van der Waals surface area contributed by atoms with Gasteiger partial charge in [0.25, 0.3) is 0 Å². The molecule has 1 amide bonds. The summed E-state index contributed by atoms with van der Waals surface area (Å²) in [7, 11) is -1.11. The summed E-state index contributed by atoms with van der Waals surface area (Å²) in [5.41, 5.74) is 0.282. The Morgan fingerprint density at radius 1 is 1.27 bits per heavy atom. The summed E-state index contributed by atoms with van der Waals surface area (Å²) in [5, 5.41) is 0.849. The minimum atomic E-state index is -1.11. The lowest BCUT2D eigenvalue weighted by molar-refractivity contribution is 0.0275. The van der Waals surface area contributed by atoms with Crippen LogP contribution in [0.2, 0.25) is 25.7 Å². The Labute approximate surface area is 179 Å². The molecule has 9 heteroatoms. The number of aromatic nitrogens is 3. The Morgan fingerprint density at radius 3 is 2.73 bits per heavy atom. The van der Waals surface area contributed by atoms with E-state index in [-0.39, 0.29) is 12.2 Å². The van der Waals surface area contributed by atoms with Crippen molar-refractivity contribution in [3.05, 3.63) is 18.6 Å². The highest BCUT2D eigenvalue weighted by atomic mass is 28.3. The van der Waals surface area contributed by atoms with Crippen molar-refractivity contribution in [2.24, 2.45) is 0 Å². The van der Waals surface area contributed by atoms with Gasteiger partial charge in [-0.1, -0.05) is 19.6 Å². The Hall–Kier alpha value is -2.13. The largest absolute Gasteiger partial charge is 0.472 e. The Morgan fingerprint density at radius 2 is 2.03 bits per heavy atom. The summed E-state index contributed by atoms with van der Waals surface area (Å²) >= 11 is 0. The topological polar surface area (TPSA) is 78.7 Å². The molecule has 0 radical (unpaired) electrons. The molecule has 1 aliphatic rings. The van der Waals surface area contributed by atoms with Crippen molar-refractivity contribution < 1.29 is 19.0 Å². The lowest BCUT2D eigenvalue weighted by Crippen LogP contribution is -2.36. The summed E-state index contributed by atoms with van der Waals surface area (Å²) in [6.45, 7) is 14.9. The standard InChI is InChI=1S/C21H34N4O4Si/c1-21(2,3)29-20(26)24-9-7-16(13-24)28-19-17-8-10-25(18(17)22-14-23-19)15-27-11-12-30(4,5)6/h8,10,14,16H,7,9,11-13,15H2,1-6H3. The van der Waals surface area contributed by atoms with E-state index in [9.17, 15) is 4.79 Å². The van der Waals surface area contributed by atoms with E-state index in [4.69, 9.17) is 14.2 Å². The van der Waals surface area contributed by atoms with Gasteiger partial charge in [0.15, 0.2) is 0 Å². The van der Waals surface area contributed by atoms with Gasteiger partial charge in [0.05, 0.1) is 11.9 Å². The molecule has 1 fully saturated rings. The third kappa shape index (κ3) is 6.18. The van der Waals surface area contributed by atoms with Crippen LogP contribution in [0.3, 0.4) is 0 Å². The summed E-state index contributed by atoms with van der Waals surface area (Å²) in [5.74, 6) is 0.539. The van der Waals surface area contributed by atoms with Crippen molar-refractivity contribution in [1.82, 2.24) is 19.4 Å². The minimum Gasteiger partial charge on any atom is -0.472 e. The van der Waals surface area contributed by atoms with Crippen molar-refractivity contribution in [3.63, 3.8) is 0 Å². The van der Waals surface area contributed by atoms with Gasteiger partial charge in [-0.3, -0.25) is 0 Å². The van der Waals surface area contributed by atoms with Gasteiger partial charge in [-0.05, 0) is 32.9 Å². The van der Waals surface area contributed by atoms with E-state index in [1.807, 2.05) is 37.6 Å². The maximum Gasteiger partial charge on any atom is 0.410 e. The van der Waals surface area contributed by atoms with Crippen LogP contribution in [0.4, 0.5) is 4.79 Å². The van der Waals surface area contributed by atoms with Crippen LogP contribution in [0.25, 0.3) is 11.0 Å². The summed E-state index contributed by atoms with van der Waals surface area (Å²) in [4.78, 5) is 22.7. The van der Waals surface area contributed by atoms with Gasteiger partial charge in [-0.25, -0.2) is 14.8 Å². The SMILES string of the molecule is CC(C)(C)OC(=O)N1CCC(Oc2ncnc3c2ccn3COCC[Si](C)(C)C)C1. The van der Waals surface area contributed by atoms with Gasteiger partial charge in [0.1, 0.15) is 30.4 Å². The van der Waals surface area contributed by atoms with Gasteiger partial charge in [0.2, 0.25) is 5.88 Å². The fraction of sp³-hybridized carbons (Fsp3) is 0.667. The molecular weight excluding hydrogens is 400 g/mol. The van der Waals surface area contributed by atoms with Crippen molar-refractivity contribution >= 4 is 25.2 Å². The highest BCUT2D eigenvalue weighted by Crippen LogP contribution is 2.26. The molecule has 2 aromatic heterocycles. The maximum absolute atomic E-state index is 12.3. The molecule has 1 atom stereocenters. The summed E-state index contributed by atoms with van der Waals surface area (Å²) in [6, 6.07) is 3.08. The zero-order chi connectivity index (χ0) is 21.9. The van der Waals surface area contributed by atoms with Crippen LogP contribution < -0.4 is 4.74 Å². The molecule has 8 nitrogen and oxygen atoms in total. The third-order valence-corrected chi connectivity index (χ3v) is 6.53. The molecule has 0 spiro atoms. The van der Waals surface area contributed by atoms with Gasteiger partial charge in [0, 0.05) is 33.8 Å². The second-order valence-electron chi connectivity index (χ2n) is 10.0. The molecular formula is C21H34N4O4Si. The number of hydrogen-bond acceptors (Lipinski definition) is 6. The van der Waals surface area contributed by atoms with Crippen LogP contribution in [-0.4, -0.2) is 65.0 Å². The summed E-state index contributed by atoms with van der Waals surface area (Å²) < 4.78 is 19.4. The molecule has 166 valence electrons. The lowest BCUT2D eigenvalue weighted by Gasteiger charge is -2.24. The van der Waals surface area contributed by atoms with Crippen LogP contribution in [-0.2, 0) is 16.2 Å². The second kappa shape index (κ2) is 8.93. The normalized spacial score (nSPS) is 17.5. The second-order valence-corrected chi connectivity index (χ2v) is 15.6. The third-order valence-electron chi connectivity index (χ3n) is 4.82. The fourth-order valence-electron chi connectivity index (χ4n) is 3.19. The molecule has 30 heavy (non-hydrogen) atoms.